The topological polar surface area (TPSA) is 119 Å². The highest BCUT2D eigenvalue weighted by Gasteiger charge is 2.18. The maximum atomic E-state index is 12.7. The third-order valence-electron chi connectivity index (χ3n) is 5.54. The third kappa shape index (κ3) is 4.80. The zero-order valence-corrected chi connectivity index (χ0v) is 19.4. The summed E-state index contributed by atoms with van der Waals surface area (Å²) in [5, 5.41) is 9.86. The lowest BCUT2D eigenvalue weighted by molar-refractivity contribution is -0.117. The van der Waals surface area contributed by atoms with Gasteiger partial charge in [-0.15, -0.1) is 11.3 Å². The van der Waals surface area contributed by atoms with E-state index in [1.165, 1.54) is 33.6 Å². The molecular formula is C22H23N7O2S2. The van der Waals surface area contributed by atoms with Crippen molar-refractivity contribution in [1.29, 1.82) is 0 Å². The maximum Gasteiger partial charge on any atom is 0.277 e. The summed E-state index contributed by atoms with van der Waals surface area (Å²) in [6, 6.07) is 8.19. The summed E-state index contributed by atoms with van der Waals surface area (Å²) < 4.78 is 1.34. The van der Waals surface area contributed by atoms with Crippen LogP contribution in [0.1, 0.15) is 25.0 Å². The average molecular weight is 482 g/mol. The molecule has 0 saturated carbocycles. The Morgan fingerprint density at radius 1 is 1.21 bits per heavy atom. The lowest BCUT2D eigenvalue weighted by atomic mass is 10.1. The summed E-state index contributed by atoms with van der Waals surface area (Å²) in [7, 11) is 0. The molecular weight excluding hydrogens is 458 g/mol. The van der Waals surface area contributed by atoms with Gasteiger partial charge in [0, 0.05) is 42.2 Å². The van der Waals surface area contributed by atoms with E-state index in [1.807, 2.05) is 23.6 Å². The fourth-order valence-electron chi connectivity index (χ4n) is 3.82. The van der Waals surface area contributed by atoms with Gasteiger partial charge in [0.05, 0.1) is 17.2 Å². The molecule has 1 saturated heterocycles. The predicted molar refractivity (Wildman–Crippen MR) is 131 cm³/mol. The molecule has 0 unspecified atom stereocenters. The fourth-order valence-corrected chi connectivity index (χ4v) is 5.29. The summed E-state index contributed by atoms with van der Waals surface area (Å²) in [5.41, 5.74) is 9.76. The summed E-state index contributed by atoms with van der Waals surface area (Å²) in [4.78, 5) is 36.8. The largest absolute Gasteiger partial charge is 0.356 e. The van der Waals surface area contributed by atoms with E-state index >= 15 is 0 Å². The zero-order chi connectivity index (χ0) is 22.8. The summed E-state index contributed by atoms with van der Waals surface area (Å²) >= 11 is 2.82. The van der Waals surface area contributed by atoms with Crippen LogP contribution in [0.3, 0.4) is 0 Å². The minimum absolute atomic E-state index is 0.194. The predicted octanol–water partition coefficient (Wildman–Crippen LogP) is 2.77. The van der Waals surface area contributed by atoms with Crippen molar-refractivity contribution in [2.45, 2.75) is 31.7 Å². The Morgan fingerprint density at radius 3 is 2.85 bits per heavy atom. The van der Waals surface area contributed by atoms with Crippen LogP contribution >= 0.6 is 22.7 Å². The minimum Gasteiger partial charge on any atom is -0.356 e. The Hall–Kier alpha value is -3.15. The molecule has 1 aromatic carbocycles. The van der Waals surface area contributed by atoms with Crippen molar-refractivity contribution < 1.29 is 4.79 Å². The maximum absolute atomic E-state index is 12.7. The van der Waals surface area contributed by atoms with Crippen LogP contribution in [0.15, 0.2) is 46.0 Å². The second-order valence-electron chi connectivity index (χ2n) is 7.96. The van der Waals surface area contributed by atoms with E-state index in [0.29, 0.717) is 27.9 Å². The molecule has 1 fully saturated rings. The molecule has 33 heavy (non-hydrogen) atoms. The number of nitrogens with zero attached hydrogens (tertiary/aromatic N) is 5. The van der Waals surface area contributed by atoms with Crippen molar-refractivity contribution in [1.82, 2.24) is 19.6 Å². The Balaban J connectivity index is 1.36. The molecule has 0 spiro atoms. The van der Waals surface area contributed by atoms with E-state index in [-0.39, 0.29) is 11.5 Å². The van der Waals surface area contributed by atoms with Gasteiger partial charge in [-0.05, 0) is 31.4 Å². The van der Waals surface area contributed by atoms with Crippen molar-refractivity contribution in [3.63, 3.8) is 0 Å². The number of carbonyl (C=O) groups is 1. The smallest absolute Gasteiger partial charge is 0.277 e. The number of rotatable bonds is 6. The van der Waals surface area contributed by atoms with Crippen LogP contribution < -0.4 is 21.5 Å². The van der Waals surface area contributed by atoms with Crippen LogP contribution in [0.4, 0.5) is 11.5 Å². The van der Waals surface area contributed by atoms with Gasteiger partial charge < -0.3 is 16.0 Å². The average Bonchev–Trinajstić information content (AvgIpc) is 3.50. The van der Waals surface area contributed by atoms with Gasteiger partial charge in [0.2, 0.25) is 10.9 Å². The number of amides is 1. The van der Waals surface area contributed by atoms with Crippen LogP contribution in [0.25, 0.3) is 15.5 Å². The van der Waals surface area contributed by atoms with Gasteiger partial charge in [-0.3, -0.25) is 9.59 Å². The molecule has 0 radical (unpaired) electrons. The molecule has 1 atom stereocenters. The number of hydrogen-bond donors (Lipinski definition) is 2. The molecule has 3 N–H and O–H groups in total. The third-order valence-corrected chi connectivity index (χ3v) is 7.13. The number of nitrogens with two attached hydrogens (primary N) is 1. The van der Waals surface area contributed by atoms with Crippen LogP contribution in [-0.2, 0) is 11.2 Å². The molecule has 0 aliphatic carbocycles. The second-order valence-corrected chi connectivity index (χ2v) is 9.64. The first kappa shape index (κ1) is 21.7. The molecule has 3 aromatic heterocycles. The van der Waals surface area contributed by atoms with Crippen molar-refractivity contribution in [2.75, 3.05) is 23.3 Å². The Bertz CT molecular complexity index is 1330. The number of thiazole rings is 1. The number of fused-ring (bicyclic) bond motifs is 1. The molecule has 9 nitrogen and oxygen atoms in total. The highest BCUT2D eigenvalue weighted by molar-refractivity contribution is 7.19. The van der Waals surface area contributed by atoms with Gasteiger partial charge in [-0.2, -0.15) is 9.61 Å². The van der Waals surface area contributed by atoms with Crippen molar-refractivity contribution in [3.8, 4) is 10.6 Å². The number of aromatic nitrogens is 4. The highest BCUT2D eigenvalue weighted by atomic mass is 32.1. The molecule has 170 valence electrons. The fraction of sp³-hybridized carbons (Fsp3) is 0.318. The molecule has 5 rings (SSSR count). The molecule has 4 aromatic rings. The molecule has 1 aliphatic rings. The first-order valence-corrected chi connectivity index (χ1v) is 12.5. The van der Waals surface area contributed by atoms with Gasteiger partial charge in [-0.1, -0.05) is 23.5 Å². The molecule has 0 bridgehead atoms. The lowest BCUT2D eigenvalue weighted by Gasteiger charge is -2.27. The molecule has 4 heterocycles. The normalized spacial score (nSPS) is 15.0. The summed E-state index contributed by atoms with van der Waals surface area (Å²) in [6.45, 7) is 1.83. The number of hydrogen-bond acceptors (Lipinski definition) is 9. The van der Waals surface area contributed by atoms with E-state index in [1.54, 1.807) is 17.6 Å². The Kier molecular flexibility index (Phi) is 6.16. The van der Waals surface area contributed by atoms with Crippen LogP contribution in [0.2, 0.25) is 0 Å². The number of nitrogens with one attached hydrogen (secondary N) is 1. The van der Waals surface area contributed by atoms with Gasteiger partial charge in [-0.25, -0.2) is 9.97 Å². The van der Waals surface area contributed by atoms with E-state index in [2.05, 4.69) is 25.3 Å². The Labute approximate surface area is 197 Å². The minimum atomic E-state index is -0.700. The van der Waals surface area contributed by atoms with Crippen molar-refractivity contribution >= 4 is 45.0 Å². The number of carbonyl (C=O) groups excluding carboxylic acids is 1. The lowest BCUT2D eigenvalue weighted by Crippen LogP contribution is -2.37. The summed E-state index contributed by atoms with van der Waals surface area (Å²) in [6.07, 6.45) is 3.81. The number of anilines is 2. The quantitative estimate of drug-likeness (QED) is 0.435. The summed E-state index contributed by atoms with van der Waals surface area (Å²) in [5.74, 6) is 0.429. The standard InChI is InChI=1S/C22H23N7O2S2/c23-17(10-16-12-32-13-24-16)20(31)25-15-6-4-5-14(9-15)21-27-29-19(30)11-18(26-22(29)33-21)28-7-2-1-3-8-28/h4-6,9,11-13,17H,1-3,7-8,10,23H2,(H,25,31)/t17-/m1/s1. The van der Waals surface area contributed by atoms with E-state index in [9.17, 15) is 9.59 Å². The van der Waals surface area contributed by atoms with Gasteiger partial charge in [0.1, 0.15) is 10.8 Å². The van der Waals surface area contributed by atoms with Gasteiger partial charge in [0.25, 0.3) is 5.56 Å². The second kappa shape index (κ2) is 9.38. The Morgan fingerprint density at radius 2 is 2.06 bits per heavy atom. The first-order chi connectivity index (χ1) is 16.1. The van der Waals surface area contributed by atoms with E-state index in [4.69, 9.17) is 5.73 Å². The molecule has 11 heteroatoms. The van der Waals surface area contributed by atoms with Gasteiger partial charge >= 0.3 is 0 Å². The molecule has 1 amide bonds. The van der Waals surface area contributed by atoms with Gasteiger partial charge in [0.15, 0.2) is 0 Å². The van der Waals surface area contributed by atoms with Crippen LogP contribution in [0.5, 0.6) is 0 Å². The van der Waals surface area contributed by atoms with Crippen LogP contribution in [0, 0.1) is 0 Å². The SMILES string of the molecule is N[C@H](Cc1cscn1)C(=O)Nc1cccc(-c2nn3c(=O)cc(N4CCCCC4)nc3s2)c1. The number of piperidine rings is 1. The molecule has 1 aliphatic heterocycles. The zero-order valence-electron chi connectivity index (χ0n) is 17.8. The van der Waals surface area contributed by atoms with Crippen molar-refractivity contribution in [2.24, 2.45) is 5.73 Å². The van der Waals surface area contributed by atoms with E-state index < -0.39 is 6.04 Å². The number of benzene rings is 1. The van der Waals surface area contributed by atoms with Crippen molar-refractivity contribution in [3.05, 3.63) is 57.3 Å². The highest BCUT2D eigenvalue weighted by Crippen LogP contribution is 2.28. The first-order valence-electron chi connectivity index (χ1n) is 10.8. The monoisotopic (exact) mass is 481 g/mol. The van der Waals surface area contributed by atoms with E-state index in [0.717, 1.165) is 37.2 Å². The van der Waals surface area contributed by atoms with Crippen LogP contribution in [-0.4, -0.2) is 44.6 Å².